The van der Waals surface area contributed by atoms with Gasteiger partial charge in [-0.15, -0.1) is 0 Å². The lowest BCUT2D eigenvalue weighted by Gasteiger charge is -2.06. The summed E-state index contributed by atoms with van der Waals surface area (Å²) in [5.41, 5.74) is 1.01. The Bertz CT molecular complexity index is 912. The van der Waals surface area contributed by atoms with Crippen LogP contribution >= 0.6 is 0 Å². The predicted molar refractivity (Wildman–Crippen MR) is 89.4 cm³/mol. The van der Waals surface area contributed by atoms with Gasteiger partial charge in [0.2, 0.25) is 5.88 Å². The molecule has 3 aromatic rings. The van der Waals surface area contributed by atoms with Gasteiger partial charge in [-0.1, -0.05) is 30.3 Å². The lowest BCUT2D eigenvalue weighted by molar-refractivity contribution is -0.118. The molecule has 0 fully saturated rings. The van der Waals surface area contributed by atoms with Gasteiger partial charge in [-0.2, -0.15) is 5.26 Å². The first-order valence-corrected chi connectivity index (χ1v) is 7.43. The van der Waals surface area contributed by atoms with Crippen molar-refractivity contribution in [2.45, 2.75) is 0 Å². The standard InChI is InChI=1S/C19H13FN2O3/c20-15-6-8-16(9-7-15)24-12-18(23)22-19-14(11-21)10-17(25-19)13-4-2-1-3-5-13/h1-10H,12H2,(H,22,23). The first-order valence-electron chi connectivity index (χ1n) is 7.43. The molecule has 5 nitrogen and oxygen atoms in total. The SMILES string of the molecule is N#Cc1cc(-c2ccccc2)oc1NC(=O)COc1ccc(F)cc1. The van der Waals surface area contributed by atoms with Crippen LogP contribution in [0.3, 0.4) is 0 Å². The minimum Gasteiger partial charge on any atom is -0.484 e. The number of nitrogens with one attached hydrogen (secondary N) is 1. The van der Waals surface area contributed by atoms with E-state index in [2.05, 4.69) is 5.32 Å². The first-order chi connectivity index (χ1) is 12.2. The Morgan fingerprint density at radius 2 is 1.88 bits per heavy atom. The molecular weight excluding hydrogens is 323 g/mol. The van der Waals surface area contributed by atoms with Crippen LogP contribution < -0.4 is 10.1 Å². The smallest absolute Gasteiger partial charge is 0.264 e. The normalized spacial score (nSPS) is 10.1. The Morgan fingerprint density at radius 3 is 2.56 bits per heavy atom. The lowest BCUT2D eigenvalue weighted by atomic mass is 10.1. The molecule has 0 unspecified atom stereocenters. The number of carbonyl (C=O) groups is 1. The van der Waals surface area contributed by atoms with E-state index in [-0.39, 0.29) is 23.9 Å². The van der Waals surface area contributed by atoms with Crippen molar-refractivity contribution in [3.8, 4) is 23.1 Å². The van der Waals surface area contributed by atoms with Crippen LogP contribution in [0.25, 0.3) is 11.3 Å². The van der Waals surface area contributed by atoms with Crippen molar-refractivity contribution in [1.82, 2.24) is 0 Å². The highest BCUT2D eigenvalue weighted by molar-refractivity contribution is 5.92. The number of hydrogen-bond acceptors (Lipinski definition) is 4. The summed E-state index contributed by atoms with van der Waals surface area (Å²) in [6, 6.07) is 18.1. The number of nitriles is 1. The molecule has 1 heterocycles. The number of furan rings is 1. The molecule has 25 heavy (non-hydrogen) atoms. The minimum absolute atomic E-state index is 0.0639. The molecular formula is C19H13FN2O3. The quantitative estimate of drug-likeness (QED) is 0.765. The van der Waals surface area contributed by atoms with Gasteiger partial charge in [0.1, 0.15) is 29.0 Å². The second-order valence-electron chi connectivity index (χ2n) is 5.12. The number of rotatable bonds is 5. The summed E-state index contributed by atoms with van der Waals surface area (Å²) in [5, 5.41) is 11.7. The van der Waals surface area contributed by atoms with E-state index >= 15 is 0 Å². The van der Waals surface area contributed by atoms with E-state index in [9.17, 15) is 14.4 Å². The van der Waals surface area contributed by atoms with Crippen LogP contribution in [0.4, 0.5) is 10.3 Å². The van der Waals surface area contributed by atoms with Crippen molar-refractivity contribution in [3.05, 3.63) is 72.0 Å². The van der Waals surface area contributed by atoms with Crippen LogP contribution in [0, 0.1) is 17.1 Å². The van der Waals surface area contributed by atoms with Crippen LogP contribution in [0.5, 0.6) is 5.75 Å². The summed E-state index contributed by atoms with van der Waals surface area (Å²) in [4.78, 5) is 12.0. The number of benzene rings is 2. The molecule has 124 valence electrons. The van der Waals surface area contributed by atoms with Gasteiger partial charge in [0, 0.05) is 11.6 Å². The third kappa shape index (κ3) is 4.03. The molecule has 1 N–H and O–H groups in total. The molecule has 0 saturated heterocycles. The van der Waals surface area contributed by atoms with Crippen molar-refractivity contribution in [1.29, 1.82) is 5.26 Å². The van der Waals surface area contributed by atoms with E-state index in [1.165, 1.54) is 24.3 Å². The van der Waals surface area contributed by atoms with E-state index in [1.54, 1.807) is 6.07 Å². The zero-order valence-corrected chi connectivity index (χ0v) is 13.0. The molecule has 2 aromatic carbocycles. The first kappa shape index (κ1) is 16.3. The number of nitrogens with zero attached hydrogens (tertiary/aromatic N) is 1. The molecule has 6 heteroatoms. The molecule has 0 saturated carbocycles. The topological polar surface area (TPSA) is 75.3 Å². The minimum atomic E-state index is -0.491. The molecule has 0 aliphatic rings. The van der Waals surface area contributed by atoms with Gasteiger partial charge in [-0.05, 0) is 24.3 Å². The number of ether oxygens (including phenoxy) is 1. The maximum Gasteiger partial charge on any atom is 0.264 e. The summed E-state index contributed by atoms with van der Waals surface area (Å²) >= 11 is 0. The van der Waals surface area contributed by atoms with Gasteiger partial charge >= 0.3 is 0 Å². The second kappa shape index (κ2) is 7.32. The Morgan fingerprint density at radius 1 is 1.16 bits per heavy atom. The fourth-order valence-corrected chi connectivity index (χ4v) is 2.15. The Kier molecular flexibility index (Phi) is 4.77. The molecule has 1 amide bonds. The second-order valence-corrected chi connectivity index (χ2v) is 5.12. The maximum absolute atomic E-state index is 12.8. The number of amides is 1. The van der Waals surface area contributed by atoms with Gasteiger partial charge in [-0.3, -0.25) is 10.1 Å². The summed E-state index contributed by atoms with van der Waals surface area (Å²) in [5.74, 6) is 0.0247. The third-order valence-corrected chi connectivity index (χ3v) is 3.35. The fourth-order valence-electron chi connectivity index (χ4n) is 2.15. The molecule has 0 bridgehead atoms. The zero-order chi connectivity index (χ0) is 17.6. The molecule has 0 aliphatic carbocycles. The van der Waals surface area contributed by atoms with E-state index < -0.39 is 5.91 Å². The summed E-state index contributed by atoms with van der Waals surface area (Å²) in [6.07, 6.45) is 0. The van der Waals surface area contributed by atoms with Crippen molar-refractivity contribution in [3.63, 3.8) is 0 Å². The van der Waals surface area contributed by atoms with Crippen LogP contribution in [-0.2, 0) is 4.79 Å². The lowest BCUT2D eigenvalue weighted by Crippen LogP contribution is -2.20. The number of carbonyl (C=O) groups excluding carboxylic acids is 1. The average Bonchev–Trinajstić information content (AvgIpc) is 3.05. The number of halogens is 1. The van der Waals surface area contributed by atoms with Gasteiger partial charge < -0.3 is 9.15 Å². The van der Waals surface area contributed by atoms with Crippen LogP contribution in [0.2, 0.25) is 0 Å². The van der Waals surface area contributed by atoms with Crippen molar-refractivity contribution < 1.29 is 18.3 Å². The zero-order valence-electron chi connectivity index (χ0n) is 13.0. The molecule has 0 spiro atoms. The fraction of sp³-hybridized carbons (Fsp3) is 0.0526. The Balaban J connectivity index is 1.67. The van der Waals surface area contributed by atoms with Crippen LogP contribution in [0.1, 0.15) is 5.56 Å². The van der Waals surface area contributed by atoms with E-state index in [0.717, 1.165) is 5.56 Å². The van der Waals surface area contributed by atoms with E-state index in [0.29, 0.717) is 11.5 Å². The highest BCUT2D eigenvalue weighted by Gasteiger charge is 2.15. The average molecular weight is 336 g/mol. The van der Waals surface area contributed by atoms with E-state index in [1.807, 2.05) is 36.4 Å². The highest BCUT2D eigenvalue weighted by atomic mass is 19.1. The molecule has 0 atom stereocenters. The molecule has 3 rings (SSSR count). The summed E-state index contributed by atoms with van der Waals surface area (Å²) < 4.78 is 23.6. The Hall–Kier alpha value is -3.59. The Labute approximate surface area is 143 Å². The predicted octanol–water partition coefficient (Wildman–Crippen LogP) is 3.97. The number of anilines is 1. The van der Waals surface area contributed by atoms with Gasteiger partial charge in [0.05, 0.1) is 0 Å². The number of hydrogen-bond donors (Lipinski definition) is 1. The largest absolute Gasteiger partial charge is 0.484 e. The van der Waals surface area contributed by atoms with Crippen molar-refractivity contribution in [2.75, 3.05) is 11.9 Å². The van der Waals surface area contributed by atoms with Gasteiger partial charge in [0.25, 0.3) is 5.91 Å². The molecule has 1 aromatic heterocycles. The third-order valence-electron chi connectivity index (χ3n) is 3.35. The molecule has 0 radical (unpaired) electrons. The monoisotopic (exact) mass is 336 g/mol. The summed E-state index contributed by atoms with van der Waals surface area (Å²) in [7, 11) is 0. The van der Waals surface area contributed by atoms with Crippen molar-refractivity contribution >= 4 is 11.8 Å². The van der Waals surface area contributed by atoms with Crippen LogP contribution in [0.15, 0.2) is 65.1 Å². The van der Waals surface area contributed by atoms with Crippen LogP contribution in [-0.4, -0.2) is 12.5 Å². The summed E-state index contributed by atoms with van der Waals surface area (Å²) in [6.45, 7) is -0.294. The van der Waals surface area contributed by atoms with Gasteiger partial charge in [0.15, 0.2) is 6.61 Å². The van der Waals surface area contributed by atoms with Gasteiger partial charge in [-0.25, -0.2) is 4.39 Å². The van der Waals surface area contributed by atoms with Crippen molar-refractivity contribution in [2.24, 2.45) is 0 Å². The van der Waals surface area contributed by atoms with E-state index in [4.69, 9.17) is 9.15 Å². The maximum atomic E-state index is 12.8. The highest BCUT2D eigenvalue weighted by Crippen LogP contribution is 2.28. The molecule has 0 aliphatic heterocycles.